The van der Waals surface area contributed by atoms with E-state index in [1.807, 2.05) is 47.2 Å². The van der Waals surface area contributed by atoms with Gasteiger partial charge in [0.25, 0.3) is 5.69 Å². The number of nitrogens with zero attached hydrogens (tertiary/aromatic N) is 2. The molecule has 1 aromatic carbocycles. The average molecular weight is 221 g/mol. The molecule has 2 rings (SSSR count). The molecular formula is C15H13N2+. The molecule has 0 spiro atoms. The molecule has 2 aromatic rings. The predicted molar refractivity (Wildman–Crippen MR) is 66.8 cm³/mol. The first-order valence-electron chi connectivity index (χ1n) is 5.50. The highest BCUT2D eigenvalue weighted by molar-refractivity contribution is 5.48. The van der Waals surface area contributed by atoms with Gasteiger partial charge in [-0.1, -0.05) is 36.4 Å². The lowest BCUT2D eigenvalue weighted by Gasteiger charge is -1.94. The lowest BCUT2D eigenvalue weighted by atomic mass is 10.2. The van der Waals surface area contributed by atoms with Gasteiger partial charge in [-0.2, -0.15) is 9.83 Å². The van der Waals surface area contributed by atoms with Gasteiger partial charge < -0.3 is 0 Å². The molecule has 0 N–H and O–H groups in total. The quantitative estimate of drug-likeness (QED) is 0.732. The number of allylic oxidation sites excluding steroid dienone is 1. The smallest absolute Gasteiger partial charge is 0.186 e. The second kappa shape index (κ2) is 5.62. The van der Waals surface area contributed by atoms with E-state index in [1.165, 1.54) is 5.56 Å². The number of nitriles is 1. The number of pyridine rings is 1. The van der Waals surface area contributed by atoms with Crippen LogP contribution in [0.3, 0.4) is 0 Å². The van der Waals surface area contributed by atoms with Crippen molar-refractivity contribution in [1.82, 2.24) is 0 Å². The lowest BCUT2D eigenvalue weighted by Crippen LogP contribution is -2.35. The first-order chi connectivity index (χ1) is 8.40. The molecule has 2 nitrogen and oxygen atoms in total. The third-order valence-electron chi connectivity index (χ3n) is 2.47. The summed E-state index contributed by atoms with van der Waals surface area (Å²) >= 11 is 0. The molecular weight excluding hydrogens is 208 g/mol. The zero-order valence-electron chi connectivity index (χ0n) is 9.45. The van der Waals surface area contributed by atoms with Gasteiger partial charge in [-0.05, 0) is 17.7 Å². The van der Waals surface area contributed by atoms with Gasteiger partial charge in [-0.25, -0.2) is 0 Å². The van der Waals surface area contributed by atoms with Crippen LogP contribution in [0.2, 0.25) is 0 Å². The summed E-state index contributed by atoms with van der Waals surface area (Å²) in [6.07, 6.45) is 6.02. The summed E-state index contributed by atoms with van der Waals surface area (Å²) in [6.45, 7) is 0.707. The molecule has 1 aromatic heterocycles. The summed E-state index contributed by atoms with van der Waals surface area (Å²) in [5, 5.41) is 8.94. The molecule has 0 saturated heterocycles. The largest absolute Gasteiger partial charge is 0.283 e. The Kier molecular flexibility index (Phi) is 3.67. The summed E-state index contributed by atoms with van der Waals surface area (Å²) < 4.78 is 1.92. The van der Waals surface area contributed by atoms with Gasteiger partial charge in [0.15, 0.2) is 18.8 Å². The molecule has 0 unspecified atom stereocenters. The molecule has 82 valence electrons. The van der Waals surface area contributed by atoms with Crippen LogP contribution >= 0.6 is 0 Å². The summed E-state index contributed by atoms with van der Waals surface area (Å²) in [7, 11) is 0. The van der Waals surface area contributed by atoms with Crippen molar-refractivity contribution in [3.8, 4) is 6.07 Å². The molecule has 0 amide bonds. The Bertz CT molecular complexity index is 551. The summed E-state index contributed by atoms with van der Waals surface area (Å²) in [4.78, 5) is 0. The molecule has 2 heteroatoms. The van der Waals surface area contributed by atoms with E-state index < -0.39 is 0 Å². The third-order valence-corrected chi connectivity index (χ3v) is 2.47. The molecule has 17 heavy (non-hydrogen) atoms. The van der Waals surface area contributed by atoms with Crippen molar-refractivity contribution in [3.63, 3.8) is 0 Å². The average Bonchev–Trinajstić information content (AvgIpc) is 2.40. The molecule has 0 aliphatic rings. The van der Waals surface area contributed by atoms with Gasteiger partial charge in [0, 0.05) is 12.1 Å². The van der Waals surface area contributed by atoms with Crippen molar-refractivity contribution in [2.24, 2.45) is 0 Å². The fourth-order valence-corrected chi connectivity index (χ4v) is 1.60. The van der Waals surface area contributed by atoms with E-state index in [4.69, 9.17) is 5.26 Å². The highest BCUT2D eigenvalue weighted by Crippen LogP contribution is 2.00. The SMILES string of the molecule is N#Cc1cccc[n+]1C/C=C/c1ccccc1. The molecule has 0 aliphatic carbocycles. The van der Waals surface area contributed by atoms with E-state index >= 15 is 0 Å². The van der Waals surface area contributed by atoms with E-state index in [2.05, 4.69) is 30.4 Å². The van der Waals surface area contributed by atoms with Gasteiger partial charge >= 0.3 is 0 Å². The Labute approximate surface area is 101 Å². The third kappa shape index (κ3) is 3.02. The second-order valence-electron chi connectivity index (χ2n) is 3.66. The molecule has 1 heterocycles. The number of hydrogen-bond donors (Lipinski definition) is 0. The van der Waals surface area contributed by atoms with E-state index in [0.29, 0.717) is 12.2 Å². The number of benzene rings is 1. The van der Waals surface area contributed by atoms with Crippen LogP contribution in [0, 0.1) is 11.3 Å². The highest BCUT2D eigenvalue weighted by Gasteiger charge is 2.04. The Balaban J connectivity index is 2.08. The molecule has 0 atom stereocenters. The Morgan fingerprint density at radius 1 is 1.06 bits per heavy atom. The fraction of sp³-hybridized carbons (Fsp3) is 0.0667. The van der Waals surface area contributed by atoms with E-state index in [1.54, 1.807) is 0 Å². The first kappa shape index (κ1) is 11.1. The van der Waals surface area contributed by atoms with E-state index in [9.17, 15) is 0 Å². The van der Waals surface area contributed by atoms with Crippen molar-refractivity contribution in [2.75, 3.05) is 0 Å². The van der Waals surface area contributed by atoms with Crippen LogP contribution in [-0.2, 0) is 6.54 Å². The van der Waals surface area contributed by atoms with Gasteiger partial charge in [-0.3, -0.25) is 0 Å². The number of hydrogen-bond acceptors (Lipinski definition) is 1. The van der Waals surface area contributed by atoms with Crippen molar-refractivity contribution in [3.05, 3.63) is 72.1 Å². The van der Waals surface area contributed by atoms with Crippen molar-refractivity contribution >= 4 is 6.08 Å². The number of rotatable bonds is 3. The maximum atomic E-state index is 8.94. The van der Waals surface area contributed by atoms with Crippen LogP contribution in [0.5, 0.6) is 0 Å². The Morgan fingerprint density at radius 2 is 1.82 bits per heavy atom. The minimum absolute atomic E-state index is 0.671. The van der Waals surface area contributed by atoms with E-state index in [0.717, 1.165) is 0 Å². The summed E-state index contributed by atoms with van der Waals surface area (Å²) in [6, 6.07) is 17.9. The van der Waals surface area contributed by atoms with Gasteiger partial charge in [-0.15, -0.1) is 0 Å². The fourth-order valence-electron chi connectivity index (χ4n) is 1.60. The van der Waals surface area contributed by atoms with Crippen LogP contribution in [0.25, 0.3) is 6.08 Å². The van der Waals surface area contributed by atoms with Crippen molar-refractivity contribution < 1.29 is 4.57 Å². The highest BCUT2D eigenvalue weighted by atomic mass is 14.9. The van der Waals surface area contributed by atoms with Crippen LogP contribution in [0.1, 0.15) is 11.3 Å². The minimum Gasteiger partial charge on any atom is -0.186 e. The molecule has 0 bridgehead atoms. The Hall–Kier alpha value is -2.40. The van der Waals surface area contributed by atoms with Crippen LogP contribution < -0.4 is 4.57 Å². The van der Waals surface area contributed by atoms with Crippen molar-refractivity contribution in [1.29, 1.82) is 5.26 Å². The standard InChI is InChI=1S/C15H13N2/c16-13-15-10-4-5-11-17(15)12-6-9-14-7-2-1-3-8-14/h1-11H,12H2/q+1/b9-6+. The predicted octanol–water partition coefficient (Wildman–Crippen LogP) is 2.56. The second-order valence-corrected chi connectivity index (χ2v) is 3.66. The van der Waals surface area contributed by atoms with Crippen molar-refractivity contribution in [2.45, 2.75) is 6.54 Å². The van der Waals surface area contributed by atoms with Gasteiger partial charge in [0.05, 0.1) is 0 Å². The molecule has 0 aliphatic heterocycles. The van der Waals surface area contributed by atoms with Gasteiger partial charge in [0.1, 0.15) is 0 Å². The van der Waals surface area contributed by atoms with Crippen LogP contribution in [0.15, 0.2) is 60.8 Å². The topological polar surface area (TPSA) is 27.7 Å². The Morgan fingerprint density at radius 3 is 2.59 bits per heavy atom. The normalized spacial score (nSPS) is 10.3. The molecule has 0 fully saturated rings. The zero-order valence-corrected chi connectivity index (χ0v) is 9.45. The first-order valence-corrected chi connectivity index (χ1v) is 5.50. The van der Waals surface area contributed by atoms with E-state index in [-0.39, 0.29) is 0 Å². The minimum atomic E-state index is 0.671. The molecule has 0 radical (unpaired) electrons. The van der Waals surface area contributed by atoms with Crippen LogP contribution in [-0.4, -0.2) is 0 Å². The number of aromatic nitrogens is 1. The van der Waals surface area contributed by atoms with Crippen LogP contribution in [0.4, 0.5) is 0 Å². The monoisotopic (exact) mass is 221 g/mol. The molecule has 0 saturated carbocycles. The zero-order chi connectivity index (χ0) is 11.9. The summed E-state index contributed by atoms with van der Waals surface area (Å²) in [5.41, 5.74) is 1.84. The lowest BCUT2D eigenvalue weighted by molar-refractivity contribution is -0.689. The summed E-state index contributed by atoms with van der Waals surface area (Å²) in [5.74, 6) is 0. The maximum absolute atomic E-state index is 8.94. The van der Waals surface area contributed by atoms with Gasteiger partial charge in [0.2, 0.25) is 0 Å². The maximum Gasteiger partial charge on any atom is 0.283 e.